The molecule has 0 bridgehead atoms. The van der Waals surface area contributed by atoms with Crippen LogP contribution < -0.4 is 4.90 Å². The molecule has 7 heteroatoms. The lowest BCUT2D eigenvalue weighted by Crippen LogP contribution is -2.32. The summed E-state index contributed by atoms with van der Waals surface area (Å²) in [7, 11) is 1.72. The number of anilines is 1. The Bertz CT molecular complexity index is 870. The second-order valence-corrected chi connectivity index (χ2v) is 7.33. The van der Waals surface area contributed by atoms with Crippen LogP contribution in [0.2, 0.25) is 5.15 Å². The molecule has 1 unspecified atom stereocenters. The molecule has 26 heavy (non-hydrogen) atoms. The molecule has 0 saturated heterocycles. The fraction of sp³-hybridized carbons (Fsp3) is 0.211. The second-order valence-electron chi connectivity index (χ2n) is 5.88. The molecule has 3 aromatic rings. The summed E-state index contributed by atoms with van der Waals surface area (Å²) in [6.07, 6.45) is 5.12. The maximum absolute atomic E-state index is 12.8. The van der Waals surface area contributed by atoms with Crippen LogP contribution in [0.25, 0.3) is 5.69 Å². The van der Waals surface area contributed by atoms with E-state index in [1.165, 1.54) is 0 Å². The van der Waals surface area contributed by atoms with Crippen LogP contribution in [-0.2, 0) is 4.79 Å². The summed E-state index contributed by atoms with van der Waals surface area (Å²) >= 11 is 7.93. The van der Waals surface area contributed by atoms with E-state index in [-0.39, 0.29) is 17.0 Å². The van der Waals surface area contributed by atoms with E-state index in [1.807, 2.05) is 49.4 Å². The number of pyridine rings is 1. The van der Waals surface area contributed by atoms with E-state index in [9.17, 15) is 4.79 Å². The Labute approximate surface area is 162 Å². The molecular formula is C19H19ClN4OS. The van der Waals surface area contributed by atoms with Gasteiger partial charge in [0.15, 0.2) is 5.15 Å². The number of aromatic nitrogens is 3. The number of carbonyl (C=O) groups excluding carboxylic acids is 1. The van der Waals surface area contributed by atoms with E-state index in [2.05, 4.69) is 10.1 Å². The number of amides is 1. The van der Waals surface area contributed by atoms with Crippen molar-refractivity contribution in [1.82, 2.24) is 14.8 Å². The lowest BCUT2D eigenvalue weighted by molar-refractivity contribution is -0.120. The number of hydrogen-bond donors (Lipinski definition) is 0. The van der Waals surface area contributed by atoms with Crippen molar-refractivity contribution >= 4 is 35.0 Å². The van der Waals surface area contributed by atoms with Gasteiger partial charge in [-0.1, -0.05) is 36.7 Å². The minimum Gasteiger partial charge on any atom is -0.311 e. The molecule has 0 radical (unpaired) electrons. The lowest BCUT2D eigenvalue weighted by Gasteiger charge is -2.20. The number of hydrogen-bond acceptors (Lipinski definition) is 4. The van der Waals surface area contributed by atoms with Gasteiger partial charge in [0.05, 0.1) is 18.1 Å². The molecule has 5 nitrogen and oxygen atoms in total. The third-order valence-corrected chi connectivity index (χ3v) is 5.46. The van der Waals surface area contributed by atoms with Gasteiger partial charge in [0, 0.05) is 29.8 Å². The lowest BCUT2D eigenvalue weighted by atomic mass is 10.2. The SMILES string of the molecule is CC(CSc1ccccc1)C(=O)N(C)c1cn(-c2cccnc2)nc1Cl. The average molecular weight is 387 g/mol. The highest BCUT2D eigenvalue weighted by Crippen LogP contribution is 2.27. The predicted octanol–water partition coefficient (Wildman–Crippen LogP) is 4.31. The van der Waals surface area contributed by atoms with E-state index in [0.29, 0.717) is 11.4 Å². The summed E-state index contributed by atoms with van der Waals surface area (Å²) in [5.41, 5.74) is 1.37. The van der Waals surface area contributed by atoms with Crippen molar-refractivity contribution < 1.29 is 4.79 Å². The van der Waals surface area contributed by atoms with Gasteiger partial charge < -0.3 is 4.90 Å². The van der Waals surface area contributed by atoms with Crippen molar-refractivity contribution in [1.29, 1.82) is 0 Å². The first-order valence-electron chi connectivity index (χ1n) is 8.17. The molecule has 0 saturated carbocycles. The predicted molar refractivity (Wildman–Crippen MR) is 106 cm³/mol. The molecule has 0 N–H and O–H groups in total. The maximum atomic E-state index is 12.8. The fourth-order valence-electron chi connectivity index (χ4n) is 2.45. The Morgan fingerprint density at radius 2 is 2.04 bits per heavy atom. The molecule has 134 valence electrons. The summed E-state index contributed by atoms with van der Waals surface area (Å²) in [4.78, 5) is 19.6. The summed E-state index contributed by atoms with van der Waals surface area (Å²) in [6.45, 7) is 1.92. The van der Waals surface area contributed by atoms with Gasteiger partial charge in [0.25, 0.3) is 0 Å². The van der Waals surface area contributed by atoms with Crippen molar-refractivity contribution in [2.24, 2.45) is 5.92 Å². The molecule has 2 heterocycles. The van der Waals surface area contributed by atoms with Crippen LogP contribution in [0.1, 0.15) is 6.92 Å². The highest BCUT2D eigenvalue weighted by Gasteiger charge is 2.22. The maximum Gasteiger partial charge on any atom is 0.230 e. The second kappa shape index (κ2) is 8.38. The van der Waals surface area contributed by atoms with Crippen molar-refractivity contribution in [2.75, 3.05) is 17.7 Å². The van der Waals surface area contributed by atoms with Gasteiger partial charge in [-0.05, 0) is 24.3 Å². The minimum atomic E-state index is -0.150. The summed E-state index contributed by atoms with van der Waals surface area (Å²) in [6, 6.07) is 13.7. The van der Waals surface area contributed by atoms with E-state index >= 15 is 0 Å². The first-order valence-corrected chi connectivity index (χ1v) is 9.53. The molecule has 0 aliphatic carbocycles. The molecule has 3 rings (SSSR count). The van der Waals surface area contributed by atoms with Gasteiger partial charge >= 0.3 is 0 Å². The van der Waals surface area contributed by atoms with Gasteiger partial charge in [-0.3, -0.25) is 9.78 Å². The van der Waals surface area contributed by atoms with Gasteiger partial charge in [-0.25, -0.2) is 4.68 Å². The zero-order valence-electron chi connectivity index (χ0n) is 14.5. The number of rotatable bonds is 6. The Morgan fingerprint density at radius 3 is 2.73 bits per heavy atom. The zero-order chi connectivity index (χ0) is 18.5. The molecule has 0 spiro atoms. The highest BCUT2D eigenvalue weighted by atomic mass is 35.5. The third kappa shape index (κ3) is 4.26. The number of nitrogens with zero attached hydrogens (tertiary/aromatic N) is 4. The van der Waals surface area contributed by atoms with Crippen LogP contribution in [-0.4, -0.2) is 33.5 Å². The minimum absolute atomic E-state index is 0.000989. The number of carbonyl (C=O) groups is 1. The van der Waals surface area contributed by atoms with Crippen molar-refractivity contribution in [3.05, 3.63) is 66.2 Å². The Morgan fingerprint density at radius 1 is 1.27 bits per heavy atom. The van der Waals surface area contributed by atoms with Crippen molar-refractivity contribution in [2.45, 2.75) is 11.8 Å². The zero-order valence-corrected chi connectivity index (χ0v) is 16.1. The number of thioether (sulfide) groups is 1. The van der Waals surface area contributed by atoms with E-state index in [0.717, 1.165) is 10.6 Å². The third-order valence-electron chi connectivity index (χ3n) is 3.92. The fourth-order valence-corrected chi connectivity index (χ4v) is 3.64. The van der Waals surface area contributed by atoms with Gasteiger partial charge in [0.1, 0.15) is 5.69 Å². The summed E-state index contributed by atoms with van der Waals surface area (Å²) in [5, 5.41) is 4.57. The Hall–Kier alpha value is -2.31. The molecule has 1 amide bonds. The topological polar surface area (TPSA) is 51.0 Å². The van der Waals surface area contributed by atoms with Crippen molar-refractivity contribution in [3.63, 3.8) is 0 Å². The van der Waals surface area contributed by atoms with Crippen molar-refractivity contribution in [3.8, 4) is 5.69 Å². The molecule has 1 aromatic carbocycles. The van der Waals surface area contributed by atoms with Crippen LogP contribution >= 0.6 is 23.4 Å². The van der Waals surface area contributed by atoms with Gasteiger partial charge in [-0.15, -0.1) is 11.8 Å². The largest absolute Gasteiger partial charge is 0.311 e. The number of halogens is 1. The standard InChI is InChI=1S/C19H19ClN4OS/c1-14(13-26-16-8-4-3-5-9-16)19(25)23(2)17-12-24(22-18(17)20)15-7-6-10-21-11-15/h3-12,14H,13H2,1-2H3. The normalized spacial score (nSPS) is 12.0. The summed E-state index contributed by atoms with van der Waals surface area (Å²) < 4.78 is 1.62. The average Bonchev–Trinajstić information content (AvgIpc) is 3.08. The van der Waals surface area contributed by atoms with Crippen LogP contribution in [0, 0.1) is 5.92 Å². The Balaban J connectivity index is 1.69. The highest BCUT2D eigenvalue weighted by molar-refractivity contribution is 7.99. The van der Waals surface area contributed by atoms with E-state index < -0.39 is 0 Å². The molecule has 0 aliphatic heterocycles. The van der Waals surface area contributed by atoms with Crippen LogP contribution in [0.5, 0.6) is 0 Å². The van der Waals surface area contributed by atoms with E-state index in [4.69, 9.17) is 11.6 Å². The molecule has 0 aliphatic rings. The first-order chi connectivity index (χ1) is 12.6. The van der Waals surface area contributed by atoms with Gasteiger partial charge in [-0.2, -0.15) is 5.10 Å². The van der Waals surface area contributed by atoms with Crippen LogP contribution in [0.4, 0.5) is 5.69 Å². The summed E-state index contributed by atoms with van der Waals surface area (Å²) in [5.74, 6) is 0.547. The quantitative estimate of drug-likeness (QED) is 0.592. The monoisotopic (exact) mass is 386 g/mol. The molecular weight excluding hydrogens is 368 g/mol. The smallest absolute Gasteiger partial charge is 0.230 e. The first kappa shape index (κ1) is 18.5. The van der Waals surface area contributed by atoms with E-state index in [1.54, 1.807) is 47.0 Å². The number of benzene rings is 1. The Kier molecular flexibility index (Phi) is 5.96. The molecule has 1 atom stereocenters. The molecule has 2 aromatic heterocycles. The molecule has 0 fully saturated rings. The van der Waals surface area contributed by atoms with Gasteiger partial charge in [0.2, 0.25) is 5.91 Å². The van der Waals surface area contributed by atoms with Crippen LogP contribution in [0.3, 0.4) is 0 Å². The van der Waals surface area contributed by atoms with Crippen LogP contribution in [0.15, 0.2) is 66.0 Å².